The SMILES string of the molecule is COc1cccc(/C=C2/SC(=S)N(C(C)(C)C)C2=O)c1. The molecule has 1 aliphatic heterocycles. The number of carbonyl (C=O) groups excluding carboxylic acids is 1. The predicted molar refractivity (Wildman–Crippen MR) is 87.8 cm³/mol. The number of amides is 1. The van der Waals surface area contributed by atoms with Crippen LogP contribution in [0.4, 0.5) is 0 Å². The van der Waals surface area contributed by atoms with Crippen LogP contribution in [0.25, 0.3) is 6.08 Å². The third-order valence-corrected chi connectivity index (χ3v) is 4.16. The first-order chi connectivity index (χ1) is 9.32. The van der Waals surface area contributed by atoms with Crippen molar-refractivity contribution in [1.82, 2.24) is 4.90 Å². The zero-order chi connectivity index (χ0) is 14.9. The summed E-state index contributed by atoms with van der Waals surface area (Å²) >= 11 is 6.66. The molecule has 1 aliphatic rings. The van der Waals surface area contributed by atoms with Crippen molar-refractivity contribution >= 4 is 40.3 Å². The van der Waals surface area contributed by atoms with E-state index in [2.05, 4.69) is 0 Å². The minimum Gasteiger partial charge on any atom is -0.497 e. The Kier molecular flexibility index (Phi) is 4.20. The maximum Gasteiger partial charge on any atom is 0.266 e. The van der Waals surface area contributed by atoms with Crippen molar-refractivity contribution in [3.8, 4) is 5.75 Å². The molecule has 1 fully saturated rings. The summed E-state index contributed by atoms with van der Waals surface area (Å²) in [6.45, 7) is 5.94. The number of hydrogen-bond donors (Lipinski definition) is 0. The predicted octanol–water partition coefficient (Wildman–Crippen LogP) is 3.69. The maximum absolute atomic E-state index is 12.4. The molecule has 1 heterocycles. The van der Waals surface area contributed by atoms with Gasteiger partial charge in [0.15, 0.2) is 0 Å². The first kappa shape index (κ1) is 15.1. The van der Waals surface area contributed by atoms with Crippen LogP contribution in [0.15, 0.2) is 29.2 Å². The second-order valence-electron chi connectivity index (χ2n) is 5.46. The molecule has 1 aromatic rings. The topological polar surface area (TPSA) is 29.5 Å². The molecular formula is C15H17NO2S2. The average Bonchev–Trinajstić information content (AvgIpc) is 2.64. The number of ether oxygens (including phenoxy) is 1. The van der Waals surface area contributed by atoms with Gasteiger partial charge in [-0.1, -0.05) is 36.1 Å². The number of rotatable bonds is 2. The molecule has 0 saturated carbocycles. The summed E-state index contributed by atoms with van der Waals surface area (Å²) in [5.41, 5.74) is 0.629. The molecule has 0 radical (unpaired) electrons. The van der Waals surface area contributed by atoms with E-state index in [-0.39, 0.29) is 11.4 Å². The second kappa shape index (κ2) is 5.58. The lowest BCUT2D eigenvalue weighted by Crippen LogP contribution is -2.44. The highest BCUT2D eigenvalue weighted by molar-refractivity contribution is 8.26. The molecule has 0 N–H and O–H groups in total. The van der Waals surface area contributed by atoms with Crippen molar-refractivity contribution in [2.75, 3.05) is 7.11 Å². The lowest BCUT2D eigenvalue weighted by atomic mass is 10.1. The quantitative estimate of drug-likeness (QED) is 0.615. The Morgan fingerprint density at radius 2 is 2.05 bits per heavy atom. The maximum atomic E-state index is 12.4. The smallest absolute Gasteiger partial charge is 0.266 e. The van der Waals surface area contributed by atoms with E-state index in [4.69, 9.17) is 17.0 Å². The van der Waals surface area contributed by atoms with Gasteiger partial charge < -0.3 is 4.74 Å². The van der Waals surface area contributed by atoms with Crippen LogP contribution in [0.3, 0.4) is 0 Å². The molecular weight excluding hydrogens is 290 g/mol. The molecule has 0 atom stereocenters. The van der Waals surface area contributed by atoms with E-state index >= 15 is 0 Å². The van der Waals surface area contributed by atoms with Crippen LogP contribution < -0.4 is 4.74 Å². The summed E-state index contributed by atoms with van der Waals surface area (Å²) in [6.07, 6.45) is 1.85. The van der Waals surface area contributed by atoms with Crippen molar-refractivity contribution in [1.29, 1.82) is 0 Å². The fraction of sp³-hybridized carbons (Fsp3) is 0.333. The molecule has 0 bridgehead atoms. The summed E-state index contributed by atoms with van der Waals surface area (Å²) < 4.78 is 5.79. The average molecular weight is 307 g/mol. The lowest BCUT2D eigenvalue weighted by molar-refractivity contribution is -0.125. The third kappa shape index (κ3) is 3.04. The normalized spacial score (nSPS) is 18.0. The van der Waals surface area contributed by atoms with Crippen LogP contribution in [0, 0.1) is 0 Å². The van der Waals surface area contributed by atoms with E-state index in [1.807, 2.05) is 51.1 Å². The summed E-state index contributed by atoms with van der Waals surface area (Å²) in [5.74, 6) is 0.736. The van der Waals surface area contributed by atoms with Crippen LogP contribution in [-0.4, -0.2) is 27.8 Å². The third-order valence-electron chi connectivity index (χ3n) is 2.86. The van der Waals surface area contributed by atoms with E-state index in [1.165, 1.54) is 11.8 Å². The molecule has 1 saturated heterocycles. The summed E-state index contributed by atoms with van der Waals surface area (Å²) in [7, 11) is 1.62. The zero-order valence-corrected chi connectivity index (χ0v) is 13.6. The molecule has 3 nitrogen and oxygen atoms in total. The molecule has 106 valence electrons. The fourth-order valence-electron chi connectivity index (χ4n) is 1.93. The summed E-state index contributed by atoms with van der Waals surface area (Å²) in [5, 5.41) is 0. The lowest BCUT2D eigenvalue weighted by Gasteiger charge is -2.30. The van der Waals surface area contributed by atoms with Crippen molar-refractivity contribution in [2.45, 2.75) is 26.3 Å². The van der Waals surface area contributed by atoms with Crippen LogP contribution in [0.2, 0.25) is 0 Å². The first-order valence-electron chi connectivity index (χ1n) is 6.25. The molecule has 1 amide bonds. The van der Waals surface area contributed by atoms with E-state index in [9.17, 15) is 4.79 Å². The minimum absolute atomic E-state index is 0.0321. The highest BCUT2D eigenvalue weighted by atomic mass is 32.2. The number of benzene rings is 1. The first-order valence-corrected chi connectivity index (χ1v) is 7.47. The van der Waals surface area contributed by atoms with Gasteiger partial charge in [-0.15, -0.1) is 0 Å². The van der Waals surface area contributed by atoms with Gasteiger partial charge in [-0.25, -0.2) is 0 Å². The number of thioether (sulfide) groups is 1. The van der Waals surface area contributed by atoms with Crippen molar-refractivity contribution in [2.24, 2.45) is 0 Å². The number of nitrogens with zero attached hydrogens (tertiary/aromatic N) is 1. The number of hydrogen-bond acceptors (Lipinski definition) is 4. The Bertz CT molecular complexity index is 588. The molecule has 0 unspecified atom stereocenters. The molecule has 1 aromatic carbocycles. The van der Waals surface area contributed by atoms with Crippen LogP contribution in [0.1, 0.15) is 26.3 Å². The number of carbonyl (C=O) groups is 1. The Balaban J connectivity index is 2.32. The molecule has 2 rings (SSSR count). The van der Waals surface area contributed by atoms with Gasteiger partial charge in [0, 0.05) is 5.54 Å². The van der Waals surface area contributed by atoms with Gasteiger partial charge >= 0.3 is 0 Å². The van der Waals surface area contributed by atoms with E-state index in [0.717, 1.165) is 11.3 Å². The Hall–Kier alpha value is -1.33. The summed E-state index contributed by atoms with van der Waals surface area (Å²) in [4.78, 5) is 14.8. The van der Waals surface area contributed by atoms with E-state index < -0.39 is 0 Å². The van der Waals surface area contributed by atoms with E-state index in [1.54, 1.807) is 12.0 Å². The number of methoxy groups -OCH3 is 1. The Morgan fingerprint density at radius 3 is 2.60 bits per heavy atom. The fourth-order valence-corrected chi connectivity index (χ4v) is 3.56. The van der Waals surface area contributed by atoms with Crippen molar-refractivity contribution < 1.29 is 9.53 Å². The van der Waals surface area contributed by atoms with Gasteiger partial charge in [0.2, 0.25) is 0 Å². The highest BCUT2D eigenvalue weighted by Crippen LogP contribution is 2.37. The monoisotopic (exact) mass is 307 g/mol. The number of thiocarbonyl (C=S) groups is 1. The zero-order valence-electron chi connectivity index (χ0n) is 12.0. The van der Waals surface area contributed by atoms with Crippen molar-refractivity contribution in [3.05, 3.63) is 34.7 Å². The molecule has 20 heavy (non-hydrogen) atoms. The Labute approximate surface area is 129 Å². The minimum atomic E-state index is -0.300. The molecule has 5 heteroatoms. The molecule has 0 aliphatic carbocycles. The van der Waals surface area contributed by atoms with Gasteiger partial charge in [-0.3, -0.25) is 9.69 Å². The van der Waals surface area contributed by atoms with Gasteiger partial charge in [0.05, 0.1) is 12.0 Å². The standard InChI is InChI=1S/C15H17NO2S2/c1-15(2,3)16-13(17)12(20-14(16)19)9-10-6-5-7-11(8-10)18-4/h5-9H,1-4H3/b12-9+. The van der Waals surface area contributed by atoms with Gasteiger partial charge in [-0.05, 0) is 44.5 Å². The molecule has 0 aromatic heterocycles. The van der Waals surface area contributed by atoms with Crippen LogP contribution >= 0.6 is 24.0 Å². The second-order valence-corrected chi connectivity index (χ2v) is 7.14. The largest absolute Gasteiger partial charge is 0.497 e. The van der Waals surface area contributed by atoms with Gasteiger partial charge in [0.1, 0.15) is 10.1 Å². The van der Waals surface area contributed by atoms with E-state index in [0.29, 0.717) is 9.23 Å². The highest BCUT2D eigenvalue weighted by Gasteiger charge is 2.38. The molecule has 0 spiro atoms. The van der Waals surface area contributed by atoms with Crippen LogP contribution in [-0.2, 0) is 4.79 Å². The van der Waals surface area contributed by atoms with Crippen LogP contribution in [0.5, 0.6) is 5.75 Å². The van der Waals surface area contributed by atoms with Gasteiger partial charge in [-0.2, -0.15) is 0 Å². The summed E-state index contributed by atoms with van der Waals surface area (Å²) in [6, 6.07) is 7.60. The Morgan fingerprint density at radius 1 is 1.35 bits per heavy atom. The van der Waals surface area contributed by atoms with Gasteiger partial charge in [0.25, 0.3) is 5.91 Å². The van der Waals surface area contributed by atoms with Crippen molar-refractivity contribution in [3.63, 3.8) is 0 Å².